The predicted octanol–water partition coefficient (Wildman–Crippen LogP) is 3.53. The fraction of sp³-hybridized carbons (Fsp3) is 0.200. The van der Waals surface area contributed by atoms with Crippen LogP contribution in [0.3, 0.4) is 0 Å². The lowest BCUT2D eigenvalue weighted by molar-refractivity contribution is -0.114. The number of fused-ring (bicyclic) bond motifs is 1. The van der Waals surface area contributed by atoms with Gasteiger partial charge in [-0.05, 0) is 35.9 Å². The third kappa shape index (κ3) is 3.72. The quantitative estimate of drug-likeness (QED) is 0.620. The van der Waals surface area contributed by atoms with Crippen LogP contribution in [-0.4, -0.2) is 39.3 Å². The summed E-state index contributed by atoms with van der Waals surface area (Å²) >= 11 is 0. The average Bonchev–Trinajstić information content (AvgIpc) is 3.14. The number of ether oxygens (including phenoxy) is 3. The molecule has 0 unspecified atom stereocenters. The van der Waals surface area contributed by atoms with Gasteiger partial charge < -0.3 is 18.6 Å². The van der Waals surface area contributed by atoms with Crippen LogP contribution in [0, 0.1) is 0 Å². The Bertz CT molecular complexity index is 935. The van der Waals surface area contributed by atoms with Gasteiger partial charge in [0.2, 0.25) is 5.75 Å². The molecule has 7 heteroatoms. The van der Waals surface area contributed by atoms with Crippen molar-refractivity contribution in [3.63, 3.8) is 0 Å². The highest BCUT2D eigenvalue weighted by Gasteiger charge is 2.16. The van der Waals surface area contributed by atoms with Crippen molar-refractivity contribution in [1.82, 2.24) is 4.98 Å². The molecule has 1 amide bonds. The van der Waals surface area contributed by atoms with Gasteiger partial charge in [0.1, 0.15) is 5.52 Å². The number of likely N-dealkylation sites (N-methyl/N-ethyl adjacent to an activating group) is 1. The Morgan fingerprint density at radius 2 is 1.74 bits per heavy atom. The second kappa shape index (κ2) is 7.82. The fourth-order valence-electron chi connectivity index (χ4n) is 2.57. The van der Waals surface area contributed by atoms with E-state index in [0.29, 0.717) is 28.3 Å². The van der Waals surface area contributed by atoms with Gasteiger partial charge in [0.05, 0.1) is 21.3 Å². The molecule has 0 radical (unpaired) electrons. The van der Waals surface area contributed by atoms with Crippen LogP contribution in [0.15, 0.2) is 46.9 Å². The summed E-state index contributed by atoms with van der Waals surface area (Å²) in [5, 5.41) is 0. The van der Waals surface area contributed by atoms with Crippen LogP contribution in [0.4, 0.5) is 6.01 Å². The Hall–Kier alpha value is -3.48. The minimum absolute atomic E-state index is 0.232. The number of para-hydroxylation sites is 2. The number of carbonyl (C=O) groups excluding carboxylic acids is 1. The van der Waals surface area contributed by atoms with Crippen molar-refractivity contribution in [2.24, 2.45) is 0 Å². The summed E-state index contributed by atoms with van der Waals surface area (Å²) in [7, 11) is 6.22. The number of oxazole rings is 1. The van der Waals surface area contributed by atoms with E-state index in [1.807, 2.05) is 18.2 Å². The normalized spacial score (nSPS) is 11.0. The Labute approximate surface area is 156 Å². The zero-order chi connectivity index (χ0) is 19.4. The van der Waals surface area contributed by atoms with E-state index in [0.717, 1.165) is 5.56 Å². The van der Waals surface area contributed by atoms with Crippen LogP contribution < -0.4 is 19.1 Å². The first-order valence-electron chi connectivity index (χ1n) is 8.18. The molecule has 3 aromatic rings. The first-order chi connectivity index (χ1) is 13.1. The number of hydrogen-bond acceptors (Lipinski definition) is 6. The highest BCUT2D eigenvalue weighted by molar-refractivity contribution is 6.02. The smallest absolute Gasteiger partial charge is 0.305 e. The summed E-state index contributed by atoms with van der Waals surface area (Å²) in [6.07, 6.45) is 3.08. The van der Waals surface area contributed by atoms with Crippen LogP contribution in [0.25, 0.3) is 17.2 Å². The van der Waals surface area contributed by atoms with Crippen LogP contribution >= 0.6 is 0 Å². The number of rotatable bonds is 6. The molecule has 2 aromatic carbocycles. The molecule has 3 rings (SSSR count). The Morgan fingerprint density at radius 1 is 1.07 bits per heavy atom. The zero-order valence-electron chi connectivity index (χ0n) is 15.6. The molecule has 0 fully saturated rings. The van der Waals surface area contributed by atoms with Gasteiger partial charge in [-0.15, -0.1) is 0 Å². The van der Waals surface area contributed by atoms with E-state index in [1.54, 1.807) is 31.3 Å². The van der Waals surface area contributed by atoms with Gasteiger partial charge in [-0.1, -0.05) is 12.1 Å². The minimum Gasteiger partial charge on any atom is -0.493 e. The molecule has 0 aliphatic heterocycles. The standard InChI is InChI=1S/C20H20N2O5/c1-22(20-21-14-7-5-6-8-15(14)27-20)18(23)10-9-13-11-16(24-2)19(26-4)17(12-13)25-3/h5-12H,1-4H3. The summed E-state index contributed by atoms with van der Waals surface area (Å²) in [6.45, 7) is 0. The molecule has 27 heavy (non-hydrogen) atoms. The maximum Gasteiger partial charge on any atom is 0.305 e. The van der Waals surface area contributed by atoms with Crippen molar-refractivity contribution >= 4 is 29.1 Å². The summed E-state index contributed by atoms with van der Waals surface area (Å²) in [5.74, 6) is 1.23. The molecule has 0 spiro atoms. The zero-order valence-corrected chi connectivity index (χ0v) is 15.6. The van der Waals surface area contributed by atoms with E-state index in [-0.39, 0.29) is 11.9 Å². The molecule has 0 aliphatic rings. The lowest BCUT2D eigenvalue weighted by Crippen LogP contribution is -2.24. The molecule has 140 valence electrons. The molecular weight excluding hydrogens is 348 g/mol. The number of aromatic nitrogens is 1. The van der Waals surface area contributed by atoms with Gasteiger partial charge in [0, 0.05) is 13.1 Å². The van der Waals surface area contributed by atoms with Crippen molar-refractivity contribution < 1.29 is 23.4 Å². The fourth-order valence-corrected chi connectivity index (χ4v) is 2.57. The van der Waals surface area contributed by atoms with Crippen molar-refractivity contribution in [2.45, 2.75) is 0 Å². The molecule has 0 atom stereocenters. The van der Waals surface area contributed by atoms with Gasteiger partial charge in [-0.2, -0.15) is 4.98 Å². The van der Waals surface area contributed by atoms with E-state index < -0.39 is 0 Å². The number of hydrogen-bond donors (Lipinski definition) is 0. The Balaban J connectivity index is 1.83. The van der Waals surface area contributed by atoms with Gasteiger partial charge >= 0.3 is 6.01 Å². The third-order valence-corrected chi connectivity index (χ3v) is 4.01. The largest absolute Gasteiger partial charge is 0.493 e. The van der Waals surface area contributed by atoms with E-state index in [4.69, 9.17) is 18.6 Å². The van der Waals surface area contributed by atoms with Crippen molar-refractivity contribution in [3.8, 4) is 17.2 Å². The van der Waals surface area contributed by atoms with E-state index in [1.165, 1.54) is 32.3 Å². The van der Waals surface area contributed by atoms with Gasteiger partial charge in [-0.3, -0.25) is 9.69 Å². The second-order valence-corrected chi connectivity index (χ2v) is 5.65. The molecule has 1 aromatic heterocycles. The average molecular weight is 368 g/mol. The molecule has 0 N–H and O–H groups in total. The lowest BCUT2D eigenvalue weighted by atomic mass is 10.1. The predicted molar refractivity (Wildman–Crippen MR) is 103 cm³/mol. The third-order valence-electron chi connectivity index (χ3n) is 4.01. The van der Waals surface area contributed by atoms with Gasteiger partial charge in [0.25, 0.3) is 5.91 Å². The van der Waals surface area contributed by atoms with Gasteiger partial charge in [-0.25, -0.2) is 0 Å². The van der Waals surface area contributed by atoms with E-state index in [9.17, 15) is 4.79 Å². The topological polar surface area (TPSA) is 74.0 Å². The lowest BCUT2D eigenvalue weighted by Gasteiger charge is -2.13. The number of anilines is 1. The molecule has 0 saturated heterocycles. The summed E-state index contributed by atoms with van der Waals surface area (Å²) in [6, 6.07) is 11.1. The summed E-state index contributed by atoms with van der Waals surface area (Å²) in [4.78, 5) is 18.1. The molecule has 0 bridgehead atoms. The highest BCUT2D eigenvalue weighted by Crippen LogP contribution is 2.38. The first kappa shape index (κ1) is 18.3. The Kier molecular flexibility index (Phi) is 5.30. The molecule has 7 nitrogen and oxygen atoms in total. The molecule has 0 saturated carbocycles. The number of benzene rings is 2. The van der Waals surface area contributed by atoms with Crippen LogP contribution in [-0.2, 0) is 4.79 Å². The monoisotopic (exact) mass is 368 g/mol. The van der Waals surface area contributed by atoms with Crippen LogP contribution in [0.5, 0.6) is 17.2 Å². The summed E-state index contributed by atoms with van der Waals surface area (Å²) < 4.78 is 21.5. The first-order valence-corrected chi connectivity index (χ1v) is 8.18. The van der Waals surface area contributed by atoms with Crippen molar-refractivity contribution in [3.05, 3.63) is 48.0 Å². The minimum atomic E-state index is -0.282. The summed E-state index contributed by atoms with van der Waals surface area (Å²) in [5.41, 5.74) is 2.05. The highest BCUT2D eigenvalue weighted by atomic mass is 16.5. The van der Waals surface area contributed by atoms with E-state index in [2.05, 4.69) is 4.98 Å². The maximum absolute atomic E-state index is 12.5. The number of nitrogens with zero attached hydrogens (tertiary/aromatic N) is 2. The van der Waals surface area contributed by atoms with Gasteiger partial charge in [0.15, 0.2) is 17.1 Å². The maximum atomic E-state index is 12.5. The van der Waals surface area contributed by atoms with E-state index >= 15 is 0 Å². The number of amides is 1. The number of carbonyl (C=O) groups is 1. The number of methoxy groups -OCH3 is 3. The molecular formula is C20H20N2O5. The van der Waals surface area contributed by atoms with Crippen molar-refractivity contribution in [2.75, 3.05) is 33.3 Å². The Morgan fingerprint density at radius 3 is 2.33 bits per heavy atom. The van der Waals surface area contributed by atoms with Crippen LogP contribution in [0.2, 0.25) is 0 Å². The molecule has 1 heterocycles. The van der Waals surface area contributed by atoms with Crippen LogP contribution in [0.1, 0.15) is 5.56 Å². The molecule has 0 aliphatic carbocycles. The SMILES string of the molecule is COc1cc(C=CC(=O)N(C)c2nc3ccccc3o2)cc(OC)c1OC. The van der Waals surface area contributed by atoms with Crippen molar-refractivity contribution in [1.29, 1.82) is 0 Å². The second-order valence-electron chi connectivity index (χ2n) is 5.65.